The van der Waals surface area contributed by atoms with Crippen molar-refractivity contribution in [2.24, 2.45) is 4.99 Å². The molecule has 5 heteroatoms. The number of nitrogens with zero attached hydrogens (tertiary/aromatic N) is 1. The van der Waals surface area contributed by atoms with Crippen molar-refractivity contribution in [3.8, 4) is 11.1 Å². The van der Waals surface area contributed by atoms with Gasteiger partial charge in [0.2, 0.25) is 0 Å². The first-order valence-corrected chi connectivity index (χ1v) is 15.5. The largest absolute Gasteiger partial charge is 1.00 e. The zero-order valence-electron chi connectivity index (χ0n) is 20.0. The normalized spacial score (nSPS) is 20.4. The average Bonchev–Trinajstić information content (AvgIpc) is 3.37. The average molecular weight is 569 g/mol. The third-order valence-corrected chi connectivity index (χ3v) is 12.7. The van der Waals surface area contributed by atoms with Crippen molar-refractivity contribution < 1.29 is 49.5 Å². The van der Waals surface area contributed by atoms with E-state index in [-0.39, 0.29) is 24.8 Å². The molecule has 3 aliphatic heterocycles. The van der Waals surface area contributed by atoms with Gasteiger partial charge in [-0.3, -0.25) is 4.99 Å². The van der Waals surface area contributed by atoms with Crippen LogP contribution < -0.4 is 24.8 Å². The molecule has 0 fully saturated rings. The molecule has 7 rings (SSSR count). The van der Waals surface area contributed by atoms with Gasteiger partial charge < -0.3 is 24.8 Å². The van der Waals surface area contributed by atoms with E-state index in [1.807, 2.05) is 0 Å². The Morgan fingerprint density at radius 2 is 1.52 bits per heavy atom. The zero-order valence-corrected chi connectivity index (χ0v) is 24.9. The molecule has 167 valence electrons. The molecule has 0 radical (unpaired) electrons. The van der Waals surface area contributed by atoms with Crippen molar-refractivity contribution in [3.05, 3.63) is 98.0 Å². The minimum atomic E-state index is -1.15. The molecule has 33 heavy (non-hydrogen) atoms. The Hall–Kier alpha value is -1.25. The third kappa shape index (κ3) is 4.10. The number of aliphatic imine (C=N–C) groups is 1. The van der Waals surface area contributed by atoms with Gasteiger partial charge in [-0.15, -0.1) is 0 Å². The summed E-state index contributed by atoms with van der Waals surface area (Å²) in [5.41, 5.74) is 13.9. The number of halogens is 2. The van der Waals surface area contributed by atoms with Crippen LogP contribution in [0.2, 0.25) is 13.1 Å². The fraction of sp³-hybridized carbons (Fsp3) is 0.250. The van der Waals surface area contributed by atoms with Crippen LogP contribution in [0.4, 0.5) is 0 Å². The number of rotatable bonds is 1. The van der Waals surface area contributed by atoms with Crippen LogP contribution >= 0.6 is 0 Å². The van der Waals surface area contributed by atoms with Crippen molar-refractivity contribution in [2.75, 3.05) is 0 Å². The second-order valence-electron chi connectivity index (χ2n) is 9.66. The van der Waals surface area contributed by atoms with Crippen LogP contribution in [0.15, 0.2) is 86.3 Å². The van der Waals surface area contributed by atoms with Crippen molar-refractivity contribution >= 4 is 19.9 Å². The maximum absolute atomic E-state index is 4.62. The monoisotopic (exact) mass is 566 g/mol. The smallest absolute Gasteiger partial charge is 1.00 e. The zero-order chi connectivity index (χ0) is 22.1. The molecule has 0 spiro atoms. The number of hydrogen-bond donors (Lipinski definition) is 0. The Kier molecular flexibility index (Phi) is 7.52. The van der Waals surface area contributed by atoms with Gasteiger partial charge in [0.15, 0.2) is 0 Å². The van der Waals surface area contributed by atoms with E-state index in [1.54, 1.807) is 35.1 Å². The van der Waals surface area contributed by atoms with Crippen LogP contribution in [-0.2, 0) is 24.7 Å². The summed E-state index contributed by atoms with van der Waals surface area (Å²) in [6, 6.07) is 15.5. The standard InChI is InChI=1S/C17H15.C11H13NSi.2ClH.Zr/c1-12-6-8-14(9-7-12)16-5-3-4-15-10-13(2)11-17(15)16;1-6-5-8-9(12-6)11-7(2)10(8)13(11,3)4;;;/h3-11H,1-2H3;5H,1-4H3;2*1H;/q;;;;+2/p-2. The summed E-state index contributed by atoms with van der Waals surface area (Å²) >= 11 is 1.59. The molecule has 0 saturated heterocycles. The molecule has 5 aliphatic rings. The Morgan fingerprint density at radius 1 is 0.848 bits per heavy atom. The molecule has 0 amide bonds. The van der Waals surface area contributed by atoms with Gasteiger partial charge in [-0.2, -0.15) is 0 Å². The Balaban J connectivity index is 0.000000182. The first-order valence-electron chi connectivity index (χ1n) is 11.0. The fourth-order valence-electron chi connectivity index (χ4n) is 5.60. The molecule has 0 N–H and O–H groups in total. The summed E-state index contributed by atoms with van der Waals surface area (Å²) in [7, 11) is -1.15. The predicted octanol–water partition coefficient (Wildman–Crippen LogP) is 1.45. The first-order chi connectivity index (χ1) is 14.7. The number of aryl methyl sites for hydroxylation is 1. The van der Waals surface area contributed by atoms with Crippen LogP contribution in [0.1, 0.15) is 41.1 Å². The van der Waals surface area contributed by atoms with Crippen molar-refractivity contribution in [2.45, 2.75) is 44.4 Å². The van der Waals surface area contributed by atoms with Gasteiger partial charge in [0, 0.05) is 11.3 Å². The summed E-state index contributed by atoms with van der Waals surface area (Å²) in [5, 5.41) is 3.28. The molecule has 0 aromatic heterocycles. The number of fused-ring (bicyclic) bond motifs is 1. The van der Waals surface area contributed by atoms with Crippen molar-refractivity contribution in [3.63, 3.8) is 0 Å². The van der Waals surface area contributed by atoms with E-state index in [0.717, 1.165) is 0 Å². The van der Waals surface area contributed by atoms with Gasteiger partial charge in [-0.1, -0.05) is 13.1 Å². The molecule has 3 heterocycles. The Labute approximate surface area is 226 Å². The fourth-order valence-corrected chi connectivity index (χ4v) is 10.3. The van der Waals surface area contributed by atoms with Crippen LogP contribution in [0, 0.1) is 6.92 Å². The molecule has 2 aromatic rings. The topological polar surface area (TPSA) is 12.4 Å². The molecule has 1 unspecified atom stereocenters. The van der Waals surface area contributed by atoms with E-state index in [1.165, 1.54) is 55.9 Å². The molecule has 2 bridgehead atoms. The molecule has 1 atom stereocenters. The van der Waals surface area contributed by atoms with E-state index in [4.69, 9.17) is 0 Å². The minimum absolute atomic E-state index is 0. The first kappa shape index (κ1) is 26.4. The summed E-state index contributed by atoms with van der Waals surface area (Å²) in [5.74, 6) is 0. The number of benzene rings is 2. The summed E-state index contributed by atoms with van der Waals surface area (Å²) in [6.07, 6.45) is 4.62. The summed E-state index contributed by atoms with van der Waals surface area (Å²) in [4.78, 5) is 4.62. The molecule has 0 saturated carbocycles. The summed E-state index contributed by atoms with van der Waals surface area (Å²) in [6.45, 7) is 13.6. The van der Waals surface area contributed by atoms with Gasteiger partial charge in [0.25, 0.3) is 0 Å². The second kappa shape index (κ2) is 9.42. The van der Waals surface area contributed by atoms with Crippen molar-refractivity contribution in [1.82, 2.24) is 0 Å². The summed E-state index contributed by atoms with van der Waals surface area (Å²) < 4.78 is 0.651. The van der Waals surface area contributed by atoms with E-state index in [0.29, 0.717) is 3.63 Å². The van der Waals surface area contributed by atoms with Gasteiger partial charge in [0.1, 0.15) is 8.07 Å². The number of allylic oxidation sites excluding steroid dienone is 7. The maximum Gasteiger partial charge on any atom is -1.00 e. The van der Waals surface area contributed by atoms with Gasteiger partial charge in [-0.05, 0) is 35.9 Å². The third-order valence-electron chi connectivity index (χ3n) is 7.04. The SMILES string of the molecule is CC1=CC2=C3C(C)=C(C2=N1)[Si]3(C)C.CC1=Cc2c(-c3ccc(C)cc3)cccc2[CH]1[Zr+2].[Cl-].[Cl-]. The Morgan fingerprint density at radius 3 is 2.12 bits per heavy atom. The maximum atomic E-state index is 4.62. The molecule has 2 aliphatic carbocycles. The quantitative estimate of drug-likeness (QED) is 0.462. The van der Waals surface area contributed by atoms with E-state index >= 15 is 0 Å². The van der Waals surface area contributed by atoms with Crippen LogP contribution in [0.5, 0.6) is 0 Å². The van der Waals surface area contributed by atoms with E-state index in [2.05, 4.69) is 100 Å². The van der Waals surface area contributed by atoms with E-state index in [9.17, 15) is 0 Å². The van der Waals surface area contributed by atoms with Crippen LogP contribution in [-0.4, -0.2) is 13.8 Å². The molecule has 2 aromatic carbocycles. The second-order valence-corrected chi connectivity index (χ2v) is 15.3. The van der Waals surface area contributed by atoms with E-state index < -0.39 is 8.07 Å². The number of hydrogen-bond acceptors (Lipinski definition) is 1. The molecular weight excluding hydrogens is 541 g/mol. The van der Waals surface area contributed by atoms with Gasteiger partial charge >= 0.3 is 124 Å². The minimum Gasteiger partial charge on any atom is -1.00 e. The van der Waals surface area contributed by atoms with Crippen LogP contribution in [0.3, 0.4) is 0 Å². The Bertz CT molecular complexity index is 1290. The van der Waals surface area contributed by atoms with Gasteiger partial charge in [0.05, 0.1) is 5.71 Å². The van der Waals surface area contributed by atoms with Crippen molar-refractivity contribution in [1.29, 1.82) is 0 Å². The van der Waals surface area contributed by atoms with Crippen LogP contribution in [0.25, 0.3) is 17.2 Å². The molecular formula is C28H28Cl2NSiZr. The predicted molar refractivity (Wildman–Crippen MR) is 131 cm³/mol. The van der Waals surface area contributed by atoms with Gasteiger partial charge in [-0.25, -0.2) is 0 Å². The molecule has 1 nitrogen and oxygen atoms in total.